The number of aromatic nitrogens is 1. The summed E-state index contributed by atoms with van der Waals surface area (Å²) < 4.78 is 2.63. The quantitative estimate of drug-likeness (QED) is 0.599. The number of rotatable bonds is 0. The average molecular weight is 261 g/mol. The van der Waals surface area contributed by atoms with E-state index in [-0.39, 0.29) is 0 Å². The molecule has 0 N–H and O–H groups in total. The number of para-hydroxylation sites is 1. The maximum absolute atomic E-state index is 4.37. The zero-order chi connectivity index (χ0) is 6.97. The normalized spacial score (nSPS) is 10.5. The van der Waals surface area contributed by atoms with Gasteiger partial charge in [0, 0.05) is 0 Å². The monoisotopic (exact) mass is 263 g/mol. The number of fused-ring (bicyclic) bond motifs is 1. The second-order valence-electron chi connectivity index (χ2n) is 1.96. The van der Waals surface area contributed by atoms with Gasteiger partial charge in [-0.3, -0.25) is 0 Å². The second kappa shape index (κ2) is 2.52. The van der Waals surface area contributed by atoms with Gasteiger partial charge in [-0.25, -0.2) is 0 Å². The van der Waals surface area contributed by atoms with E-state index >= 15 is 0 Å². The third-order valence-corrected chi connectivity index (χ3v) is 4.25. The van der Waals surface area contributed by atoms with Crippen molar-refractivity contribution in [1.29, 1.82) is 0 Å². The van der Waals surface area contributed by atoms with Crippen molar-refractivity contribution in [3.8, 4) is 0 Å². The van der Waals surface area contributed by atoms with Crippen molar-refractivity contribution >= 4 is 43.8 Å². The summed E-state index contributed by atoms with van der Waals surface area (Å²) in [7, 11) is 0. The van der Waals surface area contributed by atoms with E-state index in [0.717, 1.165) is 5.52 Å². The summed E-state index contributed by atoms with van der Waals surface area (Å²) in [6, 6.07) is 8.32. The van der Waals surface area contributed by atoms with E-state index in [9.17, 15) is 0 Å². The molecule has 3 heteroatoms. The summed E-state index contributed by atoms with van der Waals surface area (Å²) >= 11 is 3.01. The van der Waals surface area contributed by atoms with E-state index in [0.29, 0.717) is 14.5 Å². The van der Waals surface area contributed by atoms with Gasteiger partial charge in [0.2, 0.25) is 0 Å². The molecule has 10 heavy (non-hydrogen) atoms. The predicted molar refractivity (Wildman–Crippen MR) is 45.5 cm³/mol. The van der Waals surface area contributed by atoms with Gasteiger partial charge in [-0.05, 0) is 0 Å². The van der Waals surface area contributed by atoms with E-state index in [4.69, 9.17) is 0 Å². The van der Waals surface area contributed by atoms with Crippen molar-refractivity contribution in [1.82, 2.24) is 4.98 Å². The number of nitrogens with zero attached hydrogens (tertiary/aromatic N) is 1. The van der Waals surface area contributed by atoms with Crippen LogP contribution in [-0.2, 0) is 0 Å². The van der Waals surface area contributed by atoms with E-state index in [1.165, 1.54) is 7.73 Å². The van der Waals surface area contributed by atoms with Crippen LogP contribution >= 0.6 is 0 Å². The molecular formula is C7H5NSe2. The molecule has 0 aliphatic carbocycles. The van der Waals surface area contributed by atoms with Gasteiger partial charge >= 0.3 is 73.0 Å². The van der Waals surface area contributed by atoms with Gasteiger partial charge in [0.25, 0.3) is 0 Å². The SMILES string of the molecule is [SeH]c1nc2ccccc2[se]1. The summed E-state index contributed by atoms with van der Waals surface area (Å²) in [5.74, 6) is 0. The molecule has 1 aromatic heterocycles. The average Bonchev–Trinajstić information content (AvgIpc) is 2.27. The molecule has 0 saturated carbocycles. The Bertz CT molecular complexity index is 320. The molecule has 0 spiro atoms. The van der Waals surface area contributed by atoms with E-state index < -0.39 is 0 Å². The Hall–Kier alpha value is -0.0710. The first-order valence-electron chi connectivity index (χ1n) is 2.91. The van der Waals surface area contributed by atoms with Gasteiger partial charge in [0.05, 0.1) is 0 Å². The minimum atomic E-state index is 0.483. The fourth-order valence-corrected chi connectivity index (χ4v) is 3.64. The van der Waals surface area contributed by atoms with Crippen molar-refractivity contribution in [3.63, 3.8) is 0 Å². The number of hydrogen-bond acceptors (Lipinski definition) is 1. The van der Waals surface area contributed by atoms with Crippen molar-refractivity contribution in [2.75, 3.05) is 0 Å². The van der Waals surface area contributed by atoms with Crippen LogP contribution in [0.2, 0.25) is 0 Å². The molecule has 2 rings (SSSR count). The van der Waals surface area contributed by atoms with E-state index in [1.54, 1.807) is 0 Å². The van der Waals surface area contributed by atoms with Crippen molar-refractivity contribution in [3.05, 3.63) is 24.3 Å². The Kier molecular flexibility index (Phi) is 1.67. The second-order valence-corrected chi connectivity index (χ2v) is 6.49. The van der Waals surface area contributed by atoms with E-state index in [1.807, 2.05) is 6.07 Å². The topological polar surface area (TPSA) is 12.9 Å². The molecule has 1 heterocycles. The first-order valence-corrected chi connectivity index (χ1v) is 5.56. The first-order chi connectivity index (χ1) is 4.86. The molecule has 50 valence electrons. The molecular weight excluding hydrogens is 256 g/mol. The fourth-order valence-electron chi connectivity index (χ4n) is 0.860. The molecule has 0 aliphatic heterocycles. The predicted octanol–water partition coefficient (Wildman–Crippen LogP) is -0.182. The third-order valence-electron chi connectivity index (χ3n) is 1.28. The van der Waals surface area contributed by atoms with Crippen LogP contribution in [0.5, 0.6) is 0 Å². The molecule has 0 radical (unpaired) electrons. The number of benzene rings is 1. The molecule has 0 bridgehead atoms. The molecule has 1 nitrogen and oxygen atoms in total. The molecule has 0 aliphatic rings. The summed E-state index contributed by atoms with van der Waals surface area (Å²) in [6.45, 7) is 0. The van der Waals surface area contributed by atoms with Crippen LogP contribution in [0.25, 0.3) is 9.78 Å². The maximum atomic E-state index is 4.37. The van der Waals surface area contributed by atoms with Crippen molar-refractivity contribution < 1.29 is 0 Å². The fraction of sp³-hybridized carbons (Fsp3) is 0. The van der Waals surface area contributed by atoms with Crippen molar-refractivity contribution in [2.45, 2.75) is 0 Å². The Morgan fingerprint density at radius 2 is 2.10 bits per heavy atom. The van der Waals surface area contributed by atoms with Crippen LogP contribution in [0.3, 0.4) is 0 Å². The Balaban J connectivity index is 2.88. The number of hydrogen-bond donors (Lipinski definition) is 0. The Labute approximate surface area is 73.0 Å². The molecule has 1 aromatic carbocycles. The first kappa shape index (κ1) is 6.63. The van der Waals surface area contributed by atoms with Gasteiger partial charge < -0.3 is 0 Å². The van der Waals surface area contributed by atoms with Gasteiger partial charge in [-0.15, -0.1) is 0 Å². The van der Waals surface area contributed by atoms with Crippen LogP contribution in [0.15, 0.2) is 24.3 Å². The third kappa shape index (κ3) is 1.06. The van der Waals surface area contributed by atoms with Crippen LogP contribution in [0.1, 0.15) is 0 Å². The molecule has 0 atom stereocenters. The van der Waals surface area contributed by atoms with Gasteiger partial charge in [0.1, 0.15) is 0 Å². The summed E-state index contributed by atoms with van der Waals surface area (Å²) in [6.07, 6.45) is 0. The summed E-state index contributed by atoms with van der Waals surface area (Å²) in [5.41, 5.74) is 1.16. The van der Waals surface area contributed by atoms with Crippen LogP contribution < -0.4 is 3.47 Å². The standard InChI is InChI=1S/C7H5NSe2/c9-7-8-5-3-1-2-4-6(5)10-7/h1-4H,(H,8,9). The zero-order valence-corrected chi connectivity index (χ0v) is 8.70. The van der Waals surface area contributed by atoms with Crippen LogP contribution in [0.4, 0.5) is 0 Å². The molecule has 2 aromatic rings. The van der Waals surface area contributed by atoms with Gasteiger partial charge in [-0.2, -0.15) is 0 Å². The summed E-state index contributed by atoms with van der Waals surface area (Å²) in [4.78, 5) is 4.37. The van der Waals surface area contributed by atoms with Crippen LogP contribution in [-0.4, -0.2) is 35.5 Å². The molecule has 0 unspecified atom stereocenters. The molecule has 0 amide bonds. The zero-order valence-electron chi connectivity index (χ0n) is 5.11. The van der Waals surface area contributed by atoms with Gasteiger partial charge in [0.15, 0.2) is 0 Å². The minimum absolute atomic E-state index is 0.483. The van der Waals surface area contributed by atoms with Gasteiger partial charge in [-0.1, -0.05) is 0 Å². The Morgan fingerprint density at radius 1 is 1.30 bits per heavy atom. The summed E-state index contributed by atoms with van der Waals surface area (Å²) in [5, 5.41) is 0. The molecule has 0 saturated heterocycles. The van der Waals surface area contributed by atoms with Crippen molar-refractivity contribution in [2.24, 2.45) is 0 Å². The Morgan fingerprint density at radius 3 is 2.90 bits per heavy atom. The van der Waals surface area contributed by atoms with Crippen LogP contribution in [0, 0.1) is 0 Å². The van der Waals surface area contributed by atoms with E-state index in [2.05, 4.69) is 39.2 Å². The molecule has 0 fully saturated rings.